The zero-order valence-corrected chi connectivity index (χ0v) is 12.4. The fourth-order valence-electron chi connectivity index (χ4n) is 1.85. The van der Waals surface area contributed by atoms with Gasteiger partial charge < -0.3 is 20.5 Å². The van der Waals surface area contributed by atoms with Crippen LogP contribution >= 0.6 is 0 Å². The number of ether oxygens (including phenoxy) is 1. The Bertz CT molecular complexity index is 477. The summed E-state index contributed by atoms with van der Waals surface area (Å²) >= 11 is 0. The van der Waals surface area contributed by atoms with Gasteiger partial charge in [0.15, 0.2) is 11.5 Å². The predicted molar refractivity (Wildman–Crippen MR) is 77.8 cm³/mol. The van der Waals surface area contributed by atoms with Crippen molar-refractivity contribution in [2.24, 2.45) is 5.73 Å². The van der Waals surface area contributed by atoms with Crippen molar-refractivity contribution in [2.75, 3.05) is 34.3 Å². The van der Waals surface area contributed by atoms with Crippen molar-refractivity contribution in [1.29, 1.82) is 0 Å². The summed E-state index contributed by atoms with van der Waals surface area (Å²) in [4.78, 5) is 13.8. The lowest BCUT2D eigenvalue weighted by molar-refractivity contribution is -0.124. The number of carbonyl (C=O) groups excluding carboxylic acids is 1. The molecule has 1 amide bonds. The third-order valence-electron chi connectivity index (χ3n) is 3.29. The predicted octanol–water partition coefficient (Wildman–Crippen LogP) is 0.253. The largest absolute Gasteiger partial charge is 0.504 e. The number of phenolic OH excluding ortho intramolecular Hbond substituents is 1. The molecule has 0 bridgehead atoms. The minimum atomic E-state index is -1.02. The van der Waals surface area contributed by atoms with Crippen molar-refractivity contribution in [1.82, 2.24) is 10.2 Å². The molecule has 1 unspecified atom stereocenters. The van der Waals surface area contributed by atoms with Crippen LogP contribution in [0.5, 0.6) is 11.5 Å². The molecule has 0 radical (unpaired) electrons. The van der Waals surface area contributed by atoms with Crippen molar-refractivity contribution in [3.63, 3.8) is 0 Å². The summed E-state index contributed by atoms with van der Waals surface area (Å²) in [6.45, 7) is 3.10. The van der Waals surface area contributed by atoms with Crippen LogP contribution in [0.1, 0.15) is 12.5 Å². The molecule has 0 fully saturated rings. The number of phenols is 1. The van der Waals surface area contributed by atoms with Crippen molar-refractivity contribution >= 4 is 5.91 Å². The SMILES string of the molecule is COc1cc(C(C)(NCCN(C)C)C(N)=O)ccc1O. The van der Waals surface area contributed by atoms with Gasteiger partial charge in [-0.2, -0.15) is 0 Å². The number of rotatable bonds is 7. The first-order valence-electron chi connectivity index (χ1n) is 6.38. The molecule has 0 aliphatic rings. The summed E-state index contributed by atoms with van der Waals surface area (Å²) in [6.07, 6.45) is 0. The average Bonchev–Trinajstić information content (AvgIpc) is 2.38. The number of hydrogen-bond acceptors (Lipinski definition) is 5. The number of amides is 1. The van der Waals surface area contributed by atoms with E-state index in [1.807, 2.05) is 19.0 Å². The second-order valence-corrected chi connectivity index (χ2v) is 5.11. The Kier molecular flexibility index (Phi) is 5.35. The molecule has 0 aromatic heterocycles. The Balaban J connectivity index is 3.03. The van der Waals surface area contributed by atoms with Gasteiger partial charge in [-0.15, -0.1) is 0 Å². The van der Waals surface area contributed by atoms with E-state index in [2.05, 4.69) is 5.32 Å². The first-order chi connectivity index (χ1) is 9.31. The third kappa shape index (κ3) is 3.61. The highest BCUT2D eigenvalue weighted by Crippen LogP contribution is 2.31. The van der Waals surface area contributed by atoms with E-state index in [1.165, 1.54) is 13.2 Å². The van der Waals surface area contributed by atoms with Gasteiger partial charge in [0.05, 0.1) is 7.11 Å². The lowest BCUT2D eigenvalue weighted by Gasteiger charge is -2.29. The Morgan fingerprint density at radius 3 is 2.65 bits per heavy atom. The van der Waals surface area contributed by atoms with E-state index in [-0.39, 0.29) is 5.75 Å². The molecule has 1 rings (SSSR count). The fourth-order valence-corrected chi connectivity index (χ4v) is 1.85. The number of likely N-dealkylation sites (N-methyl/N-ethyl adjacent to an activating group) is 1. The van der Waals surface area contributed by atoms with Gasteiger partial charge in [0.25, 0.3) is 0 Å². The van der Waals surface area contributed by atoms with Crippen LogP contribution in [-0.2, 0) is 10.3 Å². The van der Waals surface area contributed by atoms with E-state index >= 15 is 0 Å². The molecule has 0 aliphatic heterocycles. The normalized spacial score (nSPS) is 14.1. The molecule has 4 N–H and O–H groups in total. The molecule has 0 spiro atoms. The van der Waals surface area contributed by atoms with Gasteiger partial charge in [-0.3, -0.25) is 10.1 Å². The van der Waals surface area contributed by atoms with Gasteiger partial charge in [-0.25, -0.2) is 0 Å². The second-order valence-electron chi connectivity index (χ2n) is 5.11. The van der Waals surface area contributed by atoms with Crippen LogP contribution in [-0.4, -0.2) is 50.2 Å². The molecule has 0 saturated heterocycles. The quantitative estimate of drug-likeness (QED) is 0.667. The molecule has 20 heavy (non-hydrogen) atoms. The third-order valence-corrected chi connectivity index (χ3v) is 3.29. The first kappa shape index (κ1) is 16.3. The number of carbonyl (C=O) groups is 1. The summed E-state index contributed by atoms with van der Waals surface area (Å²) in [6, 6.07) is 4.76. The van der Waals surface area contributed by atoms with E-state index in [9.17, 15) is 9.90 Å². The van der Waals surface area contributed by atoms with Gasteiger partial charge in [-0.1, -0.05) is 6.07 Å². The van der Waals surface area contributed by atoms with Gasteiger partial charge in [0.1, 0.15) is 5.54 Å². The average molecular weight is 281 g/mol. The monoisotopic (exact) mass is 281 g/mol. The van der Waals surface area contributed by atoms with E-state index in [1.54, 1.807) is 19.1 Å². The number of hydrogen-bond donors (Lipinski definition) is 3. The first-order valence-corrected chi connectivity index (χ1v) is 6.38. The number of primary amides is 1. The molecule has 112 valence electrons. The Hall–Kier alpha value is -1.79. The highest BCUT2D eigenvalue weighted by molar-refractivity contribution is 5.86. The summed E-state index contributed by atoms with van der Waals surface area (Å²) < 4.78 is 5.07. The number of benzene rings is 1. The van der Waals surface area contributed by atoms with Crippen LogP contribution in [0, 0.1) is 0 Å². The smallest absolute Gasteiger partial charge is 0.242 e. The number of nitrogens with two attached hydrogens (primary N) is 1. The van der Waals surface area contributed by atoms with E-state index in [0.29, 0.717) is 17.9 Å². The summed E-state index contributed by atoms with van der Waals surface area (Å²) in [5.74, 6) is -0.148. The topological polar surface area (TPSA) is 87.8 Å². The molecule has 0 aliphatic carbocycles. The molecule has 1 atom stereocenters. The molecule has 1 aromatic rings. The lowest BCUT2D eigenvalue weighted by Crippen LogP contribution is -2.51. The van der Waals surface area contributed by atoms with Crippen LogP contribution in [0.2, 0.25) is 0 Å². The standard InChI is InChI=1S/C14H23N3O3/c1-14(13(15)19,16-7-8-17(2)3)10-5-6-11(18)12(9-10)20-4/h5-6,9,16,18H,7-8H2,1-4H3,(H2,15,19). The molecule has 6 nitrogen and oxygen atoms in total. The van der Waals surface area contributed by atoms with E-state index in [4.69, 9.17) is 10.5 Å². The maximum absolute atomic E-state index is 11.8. The maximum atomic E-state index is 11.8. The van der Waals surface area contributed by atoms with Crippen LogP contribution in [0.25, 0.3) is 0 Å². The molecular weight excluding hydrogens is 258 g/mol. The van der Waals surface area contributed by atoms with E-state index < -0.39 is 11.4 Å². The van der Waals surface area contributed by atoms with Crippen LogP contribution in [0.4, 0.5) is 0 Å². The van der Waals surface area contributed by atoms with Crippen LogP contribution < -0.4 is 15.8 Å². The Morgan fingerprint density at radius 1 is 1.50 bits per heavy atom. The van der Waals surface area contributed by atoms with E-state index in [0.717, 1.165) is 6.54 Å². The maximum Gasteiger partial charge on any atom is 0.242 e. The number of methoxy groups -OCH3 is 1. The zero-order valence-electron chi connectivity index (χ0n) is 12.4. The van der Waals surface area contributed by atoms with Gasteiger partial charge in [0.2, 0.25) is 5.91 Å². The Morgan fingerprint density at radius 2 is 2.15 bits per heavy atom. The lowest BCUT2D eigenvalue weighted by atomic mass is 9.90. The second kappa shape index (κ2) is 6.58. The highest BCUT2D eigenvalue weighted by Gasteiger charge is 2.33. The van der Waals surface area contributed by atoms with Crippen LogP contribution in [0.3, 0.4) is 0 Å². The summed E-state index contributed by atoms with van der Waals surface area (Å²) in [5.41, 5.74) is 5.17. The van der Waals surface area contributed by atoms with Crippen molar-refractivity contribution < 1.29 is 14.6 Å². The summed E-state index contributed by atoms with van der Waals surface area (Å²) in [7, 11) is 5.36. The highest BCUT2D eigenvalue weighted by atomic mass is 16.5. The number of aromatic hydroxyl groups is 1. The molecule has 1 aromatic carbocycles. The number of nitrogens with one attached hydrogen (secondary N) is 1. The molecule has 0 heterocycles. The zero-order chi connectivity index (χ0) is 15.3. The number of nitrogens with zero attached hydrogens (tertiary/aromatic N) is 1. The minimum absolute atomic E-state index is 0.0244. The van der Waals surface area contributed by atoms with Crippen molar-refractivity contribution in [3.05, 3.63) is 23.8 Å². The van der Waals surface area contributed by atoms with Gasteiger partial charge in [-0.05, 0) is 38.7 Å². The molecular formula is C14H23N3O3. The molecule has 6 heteroatoms. The Labute approximate surface area is 119 Å². The molecule has 0 saturated carbocycles. The van der Waals surface area contributed by atoms with Gasteiger partial charge in [0, 0.05) is 13.1 Å². The fraction of sp³-hybridized carbons (Fsp3) is 0.500. The minimum Gasteiger partial charge on any atom is -0.504 e. The van der Waals surface area contributed by atoms with Crippen molar-refractivity contribution in [3.8, 4) is 11.5 Å². The van der Waals surface area contributed by atoms with Crippen molar-refractivity contribution in [2.45, 2.75) is 12.5 Å². The van der Waals surface area contributed by atoms with Gasteiger partial charge >= 0.3 is 0 Å². The van der Waals surface area contributed by atoms with Crippen LogP contribution in [0.15, 0.2) is 18.2 Å². The summed E-state index contributed by atoms with van der Waals surface area (Å²) in [5, 5.41) is 12.8.